The Labute approximate surface area is 94.5 Å². The third kappa shape index (κ3) is 4.52. The van der Waals surface area contributed by atoms with Crippen LogP contribution in [0.2, 0.25) is 0 Å². The number of aliphatic hydroxyl groups is 1. The van der Waals surface area contributed by atoms with Gasteiger partial charge in [-0.3, -0.25) is 0 Å². The van der Waals surface area contributed by atoms with E-state index in [2.05, 4.69) is 33.0 Å². The Balaban J connectivity index is 2.25. The minimum absolute atomic E-state index is 0.118. The summed E-state index contributed by atoms with van der Waals surface area (Å²) in [6, 6.07) is 0. The monoisotopic (exact) mass is 213 g/mol. The molecule has 0 aromatic carbocycles. The van der Waals surface area contributed by atoms with E-state index in [9.17, 15) is 0 Å². The van der Waals surface area contributed by atoms with Crippen LogP contribution in [0.4, 0.5) is 0 Å². The Morgan fingerprint density at radius 1 is 1.27 bits per heavy atom. The molecule has 0 aromatic heterocycles. The second-order valence-corrected chi connectivity index (χ2v) is 6.53. The molecule has 0 radical (unpaired) electrons. The van der Waals surface area contributed by atoms with Crippen LogP contribution in [-0.4, -0.2) is 23.8 Å². The van der Waals surface area contributed by atoms with Crippen molar-refractivity contribution in [3.63, 3.8) is 0 Å². The third-order valence-corrected chi connectivity index (χ3v) is 3.72. The molecule has 0 aromatic rings. The first-order valence-electron chi connectivity index (χ1n) is 6.21. The highest BCUT2D eigenvalue weighted by atomic mass is 16.3. The van der Waals surface area contributed by atoms with Gasteiger partial charge in [-0.25, -0.2) is 0 Å². The Hall–Kier alpha value is -0.0800. The number of nitrogens with one attached hydrogen (secondary N) is 1. The van der Waals surface area contributed by atoms with Gasteiger partial charge in [0.25, 0.3) is 0 Å². The molecule has 1 saturated carbocycles. The summed E-state index contributed by atoms with van der Waals surface area (Å²) in [7, 11) is 0. The van der Waals surface area contributed by atoms with Crippen molar-refractivity contribution in [3.05, 3.63) is 0 Å². The van der Waals surface area contributed by atoms with Crippen molar-refractivity contribution in [1.82, 2.24) is 5.32 Å². The number of aliphatic hydroxyl groups excluding tert-OH is 1. The topological polar surface area (TPSA) is 32.3 Å². The minimum atomic E-state index is -0.118. The van der Waals surface area contributed by atoms with Crippen LogP contribution >= 0.6 is 0 Å². The molecular formula is C13H27NO. The van der Waals surface area contributed by atoms with Gasteiger partial charge in [0, 0.05) is 5.54 Å². The summed E-state index contributed by atoms with van der Waals surface area (Å²) in [4.78, 5) is 0. The zero-order chi connectivity index (χ0) is 11.5. The van der Waals surface area contributed by atoms with Gasteiger partial charge in [0.1, 0.15) is 0 Å². The summed E-state index contributed by atoms with van der Waals surface area (Å²) in [5.41, 5.74) is 0.440. The Morgan fingerprint density at radius 3 is 2.27 bits per heavy atom. The molecule has 2 nitrogen and oxygen atoms in total. The van der Waals surface area contributed by atoms with Crippen molar-refractivity contribution in [2.75, 3.05) is 13.2 Å². The van der Waals surface area contributed by atoms with Crippen LogP contribution in [0.15, 0.2) is 0 Å². The standard InChI is InChI=1S/C13H27NO/c1-12(2)7-5-11(6-8-12)9-14-13(3,4)10-15/h11,14-15H,5-10H2,1-4H3. The summed E-state index contributed by atoms with van der Waals surface area (Å²) in [5.74, 6) is 0.809. The highest BCUT2D eigenvalue weighted by Crippen LogP contribution is 2.37. The Morgan fingerprint density at radius 2 is 1.80 bits per heavy atom. The van der Waals surface area contributed by atoms with Gasteiger partial charge in [-0.15, -0.1) is 0 Å². The molecule has 0 atom stereocenters. The molecule has 0 bridgehead atoms. The van der Waals surface area contributed by atoms with E-state index in [4.69, 9.17) is 5.11 Å². The second-order valence-electron chi connectivity index (χ2n) is 6.53. The number of hydrogen-bond acceptors (Lipinski definition) is 2. The molecule has 90 valence electrons. The van der Waals surface area contributed by atoms with Gasteiger partial charge in [0.2, 0.25) is 0 Å². The Kier molecular flexibility index (Phi) is 4.19. The molecule has 0 unspecified atom stereocenters. The van der Waals surface area contributed by atoms with E-state index in [0.717, 1.165) is 12.5 Å². The lowest BCUT2D eigenvalue weighted by Crippen LogP contribution is -2.45. The first kappa shape index (κ1) is 13.0. The normalized spacial score (nSPS) is 23.0. The van der Waals surface area contributed by atoms with Crippen LogP contribution in [0.1, 0.15) is 53.4 Å². The lowest BCUT2D eigenvalue weighted by atomic mass is 9.73. The van der Waals surface area contributed by atoms with Crippen LogP contribution in [0.5, 0.6) is 0 Å². The van der Waals surface area contributed by atoms with Crippen molar-refractivity contribution in [1.29, 1.82) is 0 Å². The smallest absolute Gasteiger partial charge is 0.0607 e. The van der Waals surface area contributed by atoms with Gasteiger partial charge >= 0.3 is 0 Å². The van der Waals surface area contributed by atoms with Gasteiger partial charge in [-0.2, -0.15) is 0 Å². The molecule has 0 amide bonds. The molecule has 0 spiro atoms. The van der Waals surface area contributed by atoms with Gasteiger partial charge < -0.3 is 10.4 Å². The van der Waals surface area contributed by atoms with E-state index in [1.54, 1.807) is 0 Å². The van der Waals surface area contributed by atoms with Crippen LogP contribution in [0.3, 0.4) is 0 Å². The summed E-state index contributed by atoms with van der Waals surface area (Å²) in [5, 5.41) is 12.6. The minimum Gasteiger partial charge on any atom is -0.394 e. The van der Waals surface area contributed by atoms with E-state index in [1.165, 1.54) is 25.7 Å². The van der Waals surface area contributed by atoms with Crippen molar-refractivity contribution in [2.45, 2.75) is 58.9 Å². The number of rotatable bonds is 4. The summed E-state index contributed by atoms with van der Waals surface area (Å²) in [6.45, 7) is 10.1. The molecule has 2 N–H and O–H groups in total. The largest absolute Gasteiger partial charge is 0.394 e. The SMILES string of the molecule is CC1(C)CCC(CNC(C)(C)CO)CC1. The number of hydrogen-bond donors (Lipinski definition) is 2. The first-order chi connectivity index (χ1) is 6.85. The molecule has 0 heterocycles. The van der Waals surface area contributed by atoms with Crippen LogP contribution < -0.4 is 5.32 Å². The quantitative estimate of drug-likeness (QED) is 0.752. The van der Waals surface area contributed by atoms with Crippen LogP contribution in [0.25, 0.3) is 0 Å². The van der Waals surface area contributed by atoms with Gasteiger partial charge in [0.15, 0.2) is 0 Å². The predicted octanol–water partition coefficient (Wildman–Crippen LogP) is 2.56. The maximum atomic E-state index is 9.14. The molecular weight excluding hydrogens is 186 g/mol. The van der Waals surface area contributed by atoms with E-state index in [0.29, 0.717) is 5.41 Å². The lowest BCUT2D eigenvalue weighted by molar-refractivity contribution is 0.155. The zero-order valence-corrected chi connectivity index (χ0v) is 10.8. The fourth-order valence-corrected chi connectivity index (χ4v) is 2.14. The van der Waals surface area contributed by atoms with Gasteiger partial charge in [-0.05, 0) is 57.4 Å². The second kappa shape index (κ2) is 4.84. The molecule has 1 rings (SSSR count). The van der Waals surface area contributed by atoms with E-state index < -0.39 is 0 Å². The summed E-state index contributed by atoms with van der Waals surface area (Å²) in [6.07, 6.45) is 5.36. The van der Waals surface area contributed by atoms with Gasteiger partial charge in [-0.1, -0.05) is 13.8 Å². The molecule has 0 aliphatic heterocycles. The maximum Gasteiger partial charge on any atom is 0.0607 e. The predicted molar refractivity (Wildman–Crippen MR) is 64.9 cm³/mol. The lowest BCUT2D eigenvalue weighted by Gasteiger charge is -2.36. The zero-order valence-electron chi connectivity index (χ0n) is 10.8. The van der Waals surface area contributed by atoms with Crippen molar-refractivity contribution in [2.24, 2.45) is 11.3 Å². The summed E-state index contributed by atoms with van der Waals surface area (Å²) < 4.78 is 0. The third-order valence-electron chi connectivity index (χ3n) is 3.72. The highest BCUT2D eigenvalue weighted by molar-refractivity contribution is 4.82. The molecule has 15 heavy (non-hydrogen) atoms. The van der Waals surface area contributed by atoms with E-state index in [-0.39, 0.29) is 12.1 Å². The molecule has 0 saturated heterocycles. The van der Waals surface area contributed by atoms with E-state index >= 15 is 0 Å². The van der Waals surface area contributed by atoms with Crippen molar-refractivity contribution in [3.8, 4) is 0 Å². The fourth-order valence-electron chi connectivity index (χ4n) is 2.14. The van der Waals surface area contributed by atoms with Gasteiger partial charge in [0.05, 0.1) is 6.61 Å². The summed E-state index contributed by atoms with van der Waals surface area (Å²) >= 11 is 0. The van der Waals surface area contributed by atoms with E-state index in [1.807, 2.05) is 0 Å². The van der Waals surface area contributed by atoms with Crippen LogP contribution in [-0.2, 0) is 0 Å². The highest BCUT2D eigenvalue weighted by Gasteiger charge is 2.27. The van der Waals surface area contributed by atoms with Crippen molar-refractivity contribution < 1.29 is 5.11 Å². The van der Waals surface area contributed by atoms with Crippen LogP contribution in [0, 0.1) is 11.3 Å². The maximum absolute atomic E-state index is 9.14. The molecule has 2 heteroatoms. The molecule has 1 fully saturated rings. The first-order valence-corrected chi connectivity index (χ1v) is 6.21. The average Bonchev–Trinajstić information content (AvgIpc) is 2.16. The molecule has 1 aliphatic carbocycles. The Bertz CT molecular complexity index is 189. The fraction of sp³-hybridized carbons (Fsp3) is 1.00. The van der Waals surface area contributed by atoms with Crippen molar-refractivity contribution >= 4 is 0 Å². The molecule has 1 aliphatic rings. The average molecular weight is 213 g/mol.